The topological polar surface area (TPSA) is 66.8 Å². The lowest BCUT2D eigenvalue weighted by Crippen LogP contribution is -2.43. The van der Waals surface area contributed by atoms with Gasteiger partial charge < -0.3 is 9.84 Å². The second kappa shape index (κ2) is 5.84. The van der Waals surface area contributed by atoms with Crippen molar-refractivity contribution in [3.8, 4) is 0 Å². The summed E-state index contributed by atoms with van der Waals surface area (Å²) in [6, 6.07) is 9.33. The highest BCUT2D eigenvalue weighted by molar-refractivity contribution is 5.94. The van der Waals surface area contributed by atoms with Crippen molar-refractivity contribution in [2.45, 2.75) is 19.4 Å². The summed E-state index contributed by atoms with van der Waals surface area (Å²) < 4.78 is 4.95. The van der Waals surface area contributed by atoms with Gasteiger partial charge in [0.25, 0.3) is 0 Å². The smallest absolute Gasteiger partial charge is 0.416 e. The molecule has 1 aromatic carbocycles. The van der Waals surface area contributed by atoms with Crippen LogP contribution in [-0.4, -0.2) is 41.3 Å². The molecule has 2 unspecified atom stereocenters. The molecule has 0 bridgehead atoms. The van der Waals surface area contributed by atoms with E-state index in [0.717, 1.165) is 10.5 Å². The quantitative estimate of drug-likeness (QED) is 0.886. The van der Waals surface area contributed by atoms with E-state index in [1.54, 1.807) is 6.92 Å². The van der Waals surface area contributed by atoms with Crippen LogP contribution in [0.2, 0.25) is 0 Å². The summed E-state index contributed by atoms with van der Waals surface area (Å²) in [6.07, 6.45) is -0.0533. The maximum atomic E-state index is 12.1. The van der Waals surface area contributed by atoms with Gasteiger partial charge >= 0.3 is 6.09 Å². The van der Waals surface area contributed by atoms with Crippen LogP contribution < -0.4 is 0 Å². The molecule has 19 heavy (non-hydrogen) atoms. The molecule has 1 aliphatic heterocycles. The van der Waals surface area contributed by atoms with Gasteiger partial charge in [-0.15, -0.1) is 0 Å². The van der Waals surface area contributed by atoms with Gasteiger partial charge in [0.2, 0.25) is 5.91 Å². The zero-order valence-corrected chi connectivity index (χ0v) is 10.8. The Hall–Kier alpha value is -1.88. The summed E-state index contributed by atoms with van der Waals surface area (Å²) in [5, 5.41) is 9.03. The van der Waals surface area contributed by atoms with Gasteiger partial charge in [-0.1, -0.05) is 37.3 Å². The molecule has 5 heteroatoms. The van der Waals surface area contributed by atoms with Gasteiger partial charge in [-0.05, 0) is 12.0 Å². The van der Waals surface area contributed by atoms with Crippen molar-refractivity contribution in [2.75, 3.05) is 13.2 Å². The second-order valence-electron chi connectivity index (χ2n) is 4.71. The summed E-state index contributed by atoms with van der Waals surface area (Å²) in [6.45, 7) is 1.52. The fourth-order valence-corrected chi connectivity index (χ4v) is 2.08. The second-order valence-corrected chi connectivity index (χ2v) is 4.71. The van der Waals surface area contributed by atoms with Crippen molar-refractivity contribution in [3.63, 3.8) is 0 Å². The van der Waals surface area contributed by atoms with Crippen molar-refractivity contribution in [3.05, 3.63) is 35.9 Å². The normalized spacial score (nSPS) is 20.2. The van der Waals surface area contributed by atoms with E-state index < -0.39 is 12.0 Å². The number of nitrogens with zero attached hydrogens (tertiary/aromatic N) is 1. The van der Waals surface area contributed by atoms with Crippen LogP contribution in [0.3, 0.4) is 0 Å². The van der Waals surface area contributed by atoms with Crippen LogP contribution in [0, 0.1) is 5.92 Å². The van der Waals surface area contributed by atoms with Crippen LogP contribution in [0.15, 0.2) is 30.3 Å². The third-order valence-corrected chi connectivity index (χ3v) is 3.21. The number of carbonyl (C=O) groups is 2. The highest BCUT2D eigenvalue weighted by Crippen LogP contribution is 2.19. The Bertz CT molecular complexity index is 460. The van der Waals surface area contributed by atoms with Crippen molar-refractivity contribution in [2.24, 2.45) is 5.92 Å². The molecule has 0 spiro atoms. The number of aliphatic hydroxyl groups excluding tert-OH is 1. The number of aliphatic hydroxyl groups is 1. The zero-order valence-electron chi connectivity index (χ0n) is 10.8. The molecule has 1 aliphatic rings. The molecule has 2 rings (SSSR count). The number of cyclic esters (lactones) is 1. The number of imide groups is 1. The van der Waals surface area contributed by atoms with Crippen LogP contribution >= 0.6 is 0 Å². The summed E-state index contributed by atoms with van der Waals surface area (Å²) in [4.78, 5) is 24.8. The first kappa shape index (κ1) is 13.5. The third-order valence-electron chi connectivity index (χ3n) is 3.21. The van der Waals surface area contributed by atoms with Crippen molar-refractivity contribution < 1.29 is 19.4 Å². The standard InChI is InChI=1S/C14H17NO4/c1-10(8-16)13(17)15-12(9-19-14(15)18)7-11-5-3-2-4-6-11/h2-6,10,12,16H,7-9H2,1H3. The number of amides is 2. The number of carbonyl (C=O) groups excluding carboxylic acids is 2. The first-order valence-electron chi connectivity index (χ1n) is 6.28. The average Bonchev–Trinajstić information content (AvgIpc) is 2.79. The minimum absolute atomic E-state index is 0.206. The fourth-order valence-electron chi connectivity index (χ4n) is 2.08. The Morgan fingerprint density at radius 2 is 2.16 bits per heavy atom. The average molecular weight is 263 g/mol. The van der Waals surface area contributed by atoms with Gasteiger partial charge in [-0.3, -0.25) is 4.79 Å². The van der Waals surface area contributed by atoms with E-state index in [0.29, 0.717) is 6.42 Å². The maximum absolute atomic E-state index is 12.1. The number of benzene rings is 1. The summed E-state index contributed by atoms with van der Waals surface area (Å²) in [5.74, 6) is -0.977. The number of hydrogen-bond acceptors (Lipinski definition) is 4. The molecule has 1 N–H and O–H groups in total. The monoisotopic (exact) mass is 263 g/mol. The molecular formula is C14H17NO4. The highest BCUT2D eigenvalue weighted by Gasteiger charge is 2.39. The summed E-state index contributed by atoms with van der Waals surface area (Å²) in [5.41, 5.74) is 1.04. The predicted octanol–water partition coefficient (Wildman–Crippen LogP) is 1.20. The van der Waals surface area contributed by atoms with E-state index in [4.69, 9.17) is 9.84 Å². The molecule has 0 saturated carbocycles. The first-order valence-corrected chi connectivity index (χ1v) is 6.28. The van der Waals surface area contributed by atoms with Gasteiger partial charge in [0.05, 0.1) is 18.6 Å². The Kier molecular flexibility index (Phi) is 4.16. The van der Waals surface area contributed by atoms with Gasteiger partial charge in [0.15, 0.2) is 0 Å². The molecule has 0 aromatic heterocycles. The van der Waals surface area contributed by atoms with Crippen LogP contribution in [0.4, 0.5) is 4.79 Å². The van der Waals surface area contributed by atoms with Gasteiger partial charge in [-0.25, -0.2) is 9.69 Å². The molecular weight excluding hydrogens is 246 g/mol. The maximum Gasteiger partial charge on any atom is 0.416 e. The number of ether oxygens (including phenoxy) is 1. The van der Waals surface area contributed by atoms with Crippen molar-refractivity contribution in [1.29, 1.82) is 0 Å². The van der Waals surface area contributed by atoms with Gasteiger partial charge in [-0.2, -0.15) is 0 Å². The molecule has 1 aromatic rings. The van der Waals surface area contributed by atoms with Crippen LogP contribution in [0.25, 0.3) is 0 Å². The number of hydrogen-bond donors (Lipinski definition) is 1. The van der Waals surface area contributed by atoms with Gasteiger partial charge in [0.1, 0.15) is 6.61 Å². The lowest BCUT2D eigenvalue weighted by Gasteiger charge is -2.22. The Balaban J connectivity index is 2.11. The van der Waals surface area contributed by atoms with E-state index in [9.17, 15) is 9.59 Å². The molecule has 1 fully saturated rings. The van der Waals surface area contributed by atoms with E-state index in [1.807, 2.05) is 30.3 Å². The van der Waals surface area contributed by atoms with Crippen molar-refractivity contribution in [1.82, 2.24) is 4.90 Å². The van der Waals surface area contributed by atoms with Crippen LogP contribution in [-0.2, 0) is 16.0 Å². The van der Waals surface area contributed by atoms with E-state index >= 15 is 0 Å². The Morgan fingerprint density at radius 1 is 1.47 bits per heavy atom. The lowest BCUT2D eigenvalue weighted by atomic mass is 10.0. The lowest BCUT2D eigenvalue weighted by molar-refractivity contribution is -0.134. The molecule has 0 aliphatic carbocycles. The van der Waals surface area contributed by atoms with Crippen LogP contribution in [0.5, 0.6) is 0 Å². The Morgan fingerprint density at radius 3 is 2.79 bits per heavy atom. The Labute approximate surface area is 111 Å². The van der Waals surface area contributed by atoms with E-state index in [-0.39, 0.29) is 25.2 Å². The van der Waals surface area contributed by atoms with E-state index in [1.165, 1.54) is 0 Å². The highest BCUT2D eigenvalue weighted by atomic mass is 16.6. The molecule has 2 atom stereocenters. The molecule has 1 saturated heterocycles. The SMILES string of the molecule is CC(CO)C(=O)N1C(=O)OCC1Cc1ccccc1. The minimum Gasteiger partial charge on any atom is -0.447 e. The molecule has 5 nitrogen and oxygen atoms in total. The van der Waals surface area contributed by atoms with E-state index in [2.05, 4.69) is 0 Å². The van der Waals surface area contributed by atoms with Crippen molar-refractivity contribution >= 4 is 12.0 Å². The molecule has 2 amide bonds. The number of rotatable bonds is 4. The van der Waals surface area contributed by atoms with Gasteiger partial charge in [0, 0.05) is 0 Å². The van der Waals surface area contributed by atoms with Crippen LogP contribution in [0.1, 0.15) is 12.5 Å². The summed E-state index contributed by atoms with van der Waals surface area (Å²) in [7, 11) is 0. The molecule has 0 radical (unpaired) electrons. The predicted molar refractivity (Wildman–Crippen MR) is 68.4 cm³/mol. The fraction of sp³-hybridized carbons (Fsp3) is 0.429. The molecule has 1 heterocycles. The first-order chi connectivity index (χ1) is 9.13. The minimum atomic E-state index is -0.619. The largest absolute Gasteiger partial charge is 0.447 e. The zero-order chi connectivity index (χ0) is 13.8. The third kappa shape index (κ3) is 2.93. The molecule has 102 valence electrons. The summed E-state index contributed by atoms with van der Waals surface area (Å²) >= 11 is 0.